The lowest BCUT2D eigenvalue weighted by atomic mass is 9.82. The minimum absolute atomic E-state index is 0. The lowest BCUT2D eigenvalue weighted by molar-refractivity contribution is -0.0428. The van der Waals surface area contributed by atoms with Crippen LogP contribution in [0.15, 0.2) is 0 Å². The zero-order chi connectivity index (χ0) is 13.0. The highest BCUT2D eigenvalue weighted by Gasteiger charge is 2.28. The lowest BCUT2D eigenvalue weighted by Gasteiger charge is -2.32. The third-order valence-corrected chi connectivity index (χ3v) is 3.10. The van der Waals surface area contributed by atoms with E-state index >= 15 is 0 Å². The van der Waals surface area contributed by atoms with Crippen LogP contribution in [0.25, 0.3) is 0 Å². The van der Waals surface area contributed by atoms with Crippen molar-refractivity contribution >= 4 is 0 Å². The van der Waals surface area contributed by atoms with Crippen LogP contribution < -0.4 is 0 Å². The zero-order valence-electron chi connectivity index (χ0n) is 11.3. The summed E-state index contributed by atoms with van der Waals surface area (Å²) in [6.45, 7) is 6.44. The smallest absolute Gasteiger partial charge is 0.0698 e. The van der Waals surface area contributed by atoms with E-state index in [1.807, 2.05) is 0 Å². The van der Waals surface area contributed by atoms with Crippen LogP contribution in [0.1, 0.15) is 69.2 Å². The van der Waals surface area contributed by atoms with Crippen molar-refractivity contribution in [2.24, 2.45) is 5.41 Å². The predicted octanol–water partition coefficient (Wildman–Crippen LogP) is 4.14. The molecule has 0 rings (SSSR count). The van der Waals surface area contributed by atoms with Crippen molar-refractivity contribution in [2.45, 2.75) is 69.2 Å². The van der Waals surface area contributed by atoms with E-state index in [1.54, 1.807) is 0 Å². The average molecular weight is 313 g/mol. The molecule has 0 saturated carbocycles. The molecule has 21 heavy (non-hydrogen) atoms. The monoisotopic (exact) mass is 312 g/mol. The first-order valence-electron chi connectivity index (χ1n) is 6.62. The van der Waals surface area contributed by atoms with Crippen LogP contribution in [0, 0.1) is 5.41 Å². The highest BCUT2D eigenvalue weighted by molar-refractivity contribution is 4.77. The molecule has 0 aromatic rings. The number of aliphatic hydroxyl groups is 2. The first-order valence-corrected chi connectivity index (χ1v) is 6.62. The summed E-state index contributed by atoms with van der Waals surface area (Å²) in [7, 11) is 0. The molecule has 0 aliphatic carbocycles. The van der Waals surface area contributed by atoms with Crippen molar-refractivity contribution in [3.8, 4) is 0 Å². The molecule has 0 radical (unpaired) electrons. The SMILES string of the molecule is C.C.C.C.CCCCC(CC)(COCCO)COCCO. The Morgan fingerprint density at radius 3 is 1.52 bits per heavy atom. The van der Waals surface area contributed by atoms with Gasteiger partial charge in [-0.15, -0.1) is 0 Å². The maximum absolute atomic E-state index is 8.74. The molecule has 0 spiro atoms. The molecule has 4 heteroatoms. The molecule has 0 fully saturated rings. The van der Waals surface area contributed by atoms with E-state index in [9.17, 15) is 0 Å². The first kappa shape index (κ1) is 32.7. The molecule has 0 amide bonds. The number of rotatable bonds is 12. The summed E-state index contributed by atoms with van der Waals surface area (Å²) in [5, 5.41) is 17.5. The number of unbranched alkanes of at least 4 members (excludes halogenated alkanes) is 1. The highest BCUT2D eigenvalue weighted by Crippen LogP contribution is 2.29. The number of hydrogen-bond donors (Lipinski definition) is 2. The molecule has 0 aliphatic heterocycles. The third kappa shape index (κ3) is 16.0. The van der Waals surface area contributed by atoms with Gasteiger partial charge in [-0.2, -0.15) is 0 Å². The fourth-order valence-electron chi connectivity index (χ4n) is 1.83. The Hall–Kier alpha value is -0.160. The van der Waals surface area contributed by atoms with E-state index in [4.69, 9.17) is 19.7 Å². The Balaban J connectivity index is -0.000000213. The quantitative estimate of drug-likeness (QED) is 0.532. The maximum atomic E-state index is 8.74. The summed E-state index contributed by atoms with van der Waals surface area (Å²) < 4.78 is 10.9. The molecule has 0 bridgehead atoms. The van der Waals surface area contributed by atoms with Gasteiger partial charge < -0.3 is 19.7 Å². The van der Waals surface area contributed by atoms with Gasteiger partial charge in [0.1, 0.15) is 0 Å². The van der Waals surface area contributed by atoms with Gasteiger partial charge in [-0.05, 0) is 12.8 Å². The van der Waals surface area contributed by atoms with Gasteiger partial charge in [-0.1, -0.05) is 56.4 Å². The minimum Gasteiger partial charge on any atom is -0.394 e. The summed E-state index contributed by atoms with van der Waals surface area (Å²) in [6, 6.07) is 0. The van der Waals surface area contributed by atoms with E-state index < -0.39 is 0 Å². The standard InChI is InChI=1S/C13H28O4.4CH4/c1-3-5-6-13(4-2,11-16-9-7-14)12-17-10-8-15;;;;/h14-15H,3-12H2,1-2H3;4*1H4. The van der Waals surface area contributed by atoms with Gasteiger partial charge >= 0.3 is 0 Å². The second kappa shape index (κ2) is 22.1. The molecule has 0 heterocycles. The zero-order valence-corrected chi connectivity index (χ0v) is 11.3. The van der Waals surface area contributed by atoms with Crippen LogP contribution in [0.2, 0.25) is 0 Å². The van der Waals surface area contributed by atoms with Gasteiger partial charge in [0, 0.05) is 5.41 Å². The highest BCUT2D eigenvalue weighted by atomic mass is 16.5. The van der Waals surface area contributed by atoms with Gasteiger partial charge in [0.05, 0.1) is 39.6 Å². The van der Waals surface area contributed by atoms with Crippen molar-refractivity contribution < 1.29 is 19.7 Å². The summed E-state index contributed by atoms with van der Waals surface area (Å²) in [5.74, 6) is 0. The Morgan fingerprint density at radius 2 is 1.24 bits per heavy atom. The van der Waals surface area contributed by atoms with E-state index in [1.165, 1.54) is 0 Å². The second-order valence-electron chi connectivity index (χ2n) is 4.51. The largest absolute Gasteiger partial charge is 0.394 e. The predicted molar refractivity (Wildman–Crippen MR) is 95.0 cm³/mol. The summed E-state index contributed by atoms with van der Waals surface area (Å²) in [5.41, 5.74) is 0.0281. The summed E-state index contributed by atoms with van der Waals surface area (Å²) in [4.78, 5) is 0. The van der Waals surface area contributed by atoms with E-state index in [-0.39, 0.29) is 48.3 Å². The van der Waals surface area contributed by atoms with Crippen molar-refractivity contribution in [2.75, 3.05) is 39.6 Å². The number of aliphatic hydroxyl groups excluding tert-OH is 2. The molecule has 2 N–H and O–H groups in total. The topological polar surface area (TPSA) is 58.9 Å². The summed E-state index contributed by atoms with van der Waals surface area (Å²) >= 11 is 0. The maximum Gasteiger partial charge on any atom is 0.0698 e. The molecule has 0 aliphatic rings. The molecule has 0 aromatic heterocycles. The Labute approximate surface area is 134 Å². The normalized spacial score (nSPS) is 9.71. The number of hydrogen-bond acceptors (Lipinski definition) is 4. The van der Waals surface area contributed by atoms with Crippen LogP contribution in [0.4, 0.5) is 0 Å². The van der Waals surface area contributed by atoms with E-state index in [2.05, 4.69) is 13.8 Å². The average Bonchev–Trinajstić information content (AvgIpc) is 2.36. The van der Waals surface area contributed by atoms with E-state index in [0.717, 1.165) is 25.7 Å². The van der Waals surface area contributed by atoms with Crippen LogP contribution in [-0.2, 0) is 9.47 Å². The van der Waals surface area contributed by atoms with Crippen LogP contribution in [-0.4, -0.2) is 49.9 Å². The van der Waals surface area contributed by atoms with Gasteiger partial charge in [-0.3, -0.25) is 0 Å². The molecule has 4 nitrogen and oxygen atoms in total. The third-order valence-electron chi connectivity index (χ3n) is 3.10. The second-order valence-corrected chi connectivity index (χ2v) is 4.51. The van der Waals surface area contributed by atoms with Crippen LogP contribution in [0.5, 0.6) is 0 Å². The van der Waals surface area contributed by atoms with Crippen molar-refractivity contribution in [1.29, 1.82) is 0 Å². The van der Waals surface area contributed by atoms with Gasteiger partial charge in [0.15, 0.2) is 0 Å². The Kier molecular flexibility index (Phi) is 34.4. The Bertz CT molecular complexity index is 153. The van der Waals surface area contributed by atoms with Crippen molar-refractivity contribution in [3.05, 3.63) is 0 Å². The Morgan fingerprint density at radius 1 is 0.810 bits per heavy atom. The van der Waals surface area contributed by atoms with Gasteiger partial charge in [0.2, 0.25) is 0 Å². The lowest BCUT2D eigenvalue weighted by Crippen LogP contribution is -2.33. The molecule has 0 atom stereocenters. The molecule has 0 aromatic carbocycles. The van der Waals surface area contributed by atoms with Gasteiger partial charge in [-0.25, -0.2) is 0 Å². The van der Waals surface area contributed by atoms with Crippen molar-refractivity contribution in [1.82, 2.24) is 0 Å². The van der Waals surface area contributed by atoms with Crippen LogP contribution >= 0.6 is 0 Å². The molecular formula is C17H44O4. The fourth-order valence-corrected chi connectivity index (χ4v) is 1.83. The minimum atomic E-state index is 0. The van der Waals surface area contributed by atoms with Crippen molar-refractivity contribution in [3.63, 3.8) is 0 Å². The van der Waals surface area contributed by atoms with E-state index in [0.29, 0.717) is 26.4 Å². The molecule has 0 saturated heterocycles. The number of ether oxygens (including phenoxy) is 2. The first-order chi connectivity index (χ1) is 8.24. The fraction of sp³-hybridized carbons (Fsp3) is 1.00. The van der Waals surface area contributed by atoms with Gasteiger partial charge in [0.25, 0.3) is 0 Å². The molecule has 0 unspecified atom stereocenters. The molecule has 136 valence electrons. The van der Waals surface area contributed by atoms with Crippen LogP contribution in [0.3, 0.4) is 0 Å². The summed E-state index contributed by atoms with van der Waals surface area (Å²) in [6.07, 6.45) is 4.36. The molecular weight excluding hydrogens is 268 g/mol.